The summed E-state index contributed by atoms with van der Waals surface area (Å²) in [6, 6.07) is 6.19. The van der Waals surface area contributed by atoms with Crippen LogP contribution in [0.15, 0.2) is 51.9 Å². The Morgan fingerprint density at radius 2 is 2.04 bits per heavy atom. The third kappa shape index (κ3) is 3.08. The number of fused-ring (bicyclic) bond motifs is 1. The van der Waals surface area contributed by atoms with Gasteiger partial charge in [0.2, 0.25) is 0 Å². The molecule has 0 spiro atoms. The summed E-state index contributed by atoms with van der Waals surface area (Å²) in [7, 11) is 0. The molecule has 2 heterocycles. The summed E-state index contributed by atoms with van der Waals surface area (Å²) in [5.74, 6) is -0.938. The highest BCUT2D eigenvalue weighted by molar-refractivity contribution is 6.30. The van der Waals surface area contributed by atoms with Gasteiger partial charge in [-0.15, -0.1) is 0 Å². The summed E-state index contributed by atoms with van der Waals surface area (Å²) in [6.45, 7) is 0. The molecule has 0 N–H and O–H groups in total. The zero-order valence-corrected chi connectivity index (χ0v) is 12.5. The molecule has 1 aromatic carbocycles. The SMILES string of the molecule is O=C(Oc1cncc(Cl)c1)c1cc2cc([N+](=O)[O-])ccc2oc1=O. The predicted octanol–water partition coefficient (Wildman–Crippen LogP) is 2.97. The van der Waals surface area contributed by atoms with Gasteiger partial charge < -0.3 is 9.15 Å². The van der Waals surface area contributed by atoms with Gasteiger partial charge in [-0.2, -0.15) is 0 Å². The second-order valence-corrected chi connectivity index (χ2v) is 5.09. The number of esters is 1. The molecule has 0 aliphatic rings. The van der Waals surface area contributed by atoms with E-state index in [0.29, 0.717) is 0 Å². The van der Waals surface area contributed by atoms with E-state index in [2.05, 4.69) is 4.98 Å². The lowest BCUT2D eigenvalue weighted by Crippen LogP contribution is -2.18. The Kier molecular flexibility index (Phi) is 3.97. The molecule has 24 heavy (non-hydrogen) atoms. The Labute approximate surface area is 138 Å². The summed E-state index contributed by atoms with van der Waals surface area (Å²) in [5, 5.41) is 11.3. The van der Waals surface area contributed by atoms with E-state index in [1.165, 1.54) is 42.7 Å². The molecular weight excluding hydrogens is 340 g/mol. The standard InChI is InChI=1S/C15H7ClN2O6/c16-9-5-11(7-17-6-9)23-14(19)12-4-8-3-10(18(21)22)1-2-13(8)24-15(12)20/h1-7H. The summed E-state index contributed by atoms with van der Waals surface area (Å²) in [5.41, 5.74) is -1.40. The molecule has 0 amide bonds. The van der Waals surface area contributed by atoms with Gasteiger partial charge in [0.15, 0.2) is 5.75 Å². The minimum atomic E-state index is -0.985. The van der Waals surface area contributed by atoms with Gasteiger partial charge >= 0.3 is 11.6 Å². The lowest BCUT2D eigenvalue weighted by atomic mass is 10.1. The molecule has 0 atom stereocenters. The number of non-ortho nitro benzene ring substituents is 1. The van der Waals surface area contributed by atoms with Crippen LogP contribution in [0.25, 0.3) is 11.0 Å². The molecule has 2 aromatic heterocycles. The monoisotopic (exact) mass is 346 g/mol. The number of halogens is 1. The zero-order chi connectivity index (χ0) is 17.3. The van der Waals surface area contributed by atoms with Crippen LogP contribution < -0.4 is 10.4 Å². The van der Waals surface area contributed by atoms with Gasteiger partial charge in [-0.3, -0.25) is 15.1 Å². The van der Waals surface area contributed by atoms with Crippen LogP contribution in [0.1, 0.15) is 10.4 Å². The maximum atomic E-state index is 12.1. The summed E-state index contributed by atoms with van der Waals surface area (Å²) in [4.78, 5) is 38.0. The van der Waals surface area contributed by atoms with E-state index in [1.54, 1.807) is 0 Å². The zero-order valence-electron chi connectivity index (χ0n) is 11.8. The van der Waals surface area contributed by atoms with E-state index >= 15 is 0 Å². The number of hydrogen-bond acceptors (Lipinski definition) is 7. The molecule has 0 bridgehead atoms. The number of rotatable bonds is 3. The van der Waals surface area contributed by atoms with Crippen molar-refractivity contribution in [1.82, 2.24) is 4.98 Å². The lowest BCUT2D eigenvalue weighted by molar-refractivity contribution is -0.384. The van der Waals surface area contributed by atoms with Crippen LogP contribution in [-0.2, 0) is 0 Å². The number of carbonyl (C=O) groups excluding carboxylic acids is 1. The number of aromatic nitrogens is 1. The van der Waals surface area contributed by atoms with Gasteiger partial charge in [0, 0.05) is 29.8 Å². The van der Waals surface area contributed by atoms with Crippen LogP contribution in [-0.4, -0.2) is 15.9 Å². The van der Waals surface area contributed by atoms with Crippen molar-refractivity contribution in [2.45, 2.75) is 0 Å². The van der Waals surface area contributed by atoms with Crippen LogP contribution in [0.5, 0.6) is 5.75 Å². The van der Waals surface area contributed by atoms with Crippen molar-refractivity contribution in [2.24, 2.45) is 0 Å². The van der Waals surface area contributed by atoms with Gasteiger partial charge in [-0.1, -0.05) is 11.6 Å². The van der Waals surface area contributed by atoms with Crippen LogP contribution in [0.4, 0.5) is 5.69 Å². The summed E-state index contributed by atoms with van der Waals surface area (Å²) < 4.78 is 10.00. The van der Waals surface area contributed by atoms with E-state index in [0.717, 1.165) is 0 Å². The first-order valence-corrected chi connectivity index (χ1v) is 6.87. The maximum Gasteiger partial charge on any atom is 0.351 e. The highest BCUT2D eigenvalue weighted by atomic mass is 35.5. The largest absolute Gasteiger partial charge is 0.422 e. The van der Waals surface area contributed by atoms with Crippen LogP contribution in [0.3, 0.4) is 0 Å². The van der Waals surface area contributed by atoms with Crippen LogP contribution in [0, 0.1) is 10.1 Å². The van der Waals surface area contributed by atoms with Crippen molar-refractivity contribution >= 4 is 34.2 Å². The van der Waals surface area contributed by atoms with Crippen molar-refractivity contribution in [1.29, 1.82) is 0 Å². The van der Waals surface area contributed by atoms with Gasteiger partial charge in [-0.05, 0) is 12.1 Å². The molecular formula is C15H7ClN2O6. The molecule has 120 valence electrons. The summed E-state index contributed by atoms with van der Waals surface area (Å²) in [6.07, 6.45) is 2.60. The first kappa shape index (κ1) is 15.6. The predicted molar refractivity (Wildman–Crippen MR) is 83.3 cm³/mol. The Balaban J connectivity index is 2.01. The summed E-state index contributed by atoms with van der Waals surface area (Å²) >= 11 is 5.73. The molecule has 9 heteroatoms. The van der Waals surface area contributed by atoms with Crippen molar-refractivity contribution in [2.75, 3.05) is 0 Å². The second-order valence-electron chi connectivity index (χ2n) is 4.66. The maximum absolute atomic E-state index is 12.1. The van der Waals surface area contributed by atoms with Crippen molar-refractivity contribution in [3.8, 4) is 5.75 Å². The van der Waals surface area contributed by atoms with Crippen LogP contribution >= 0.6 is 11.6 Å². The molecule has 8 nitrogen and oxygen atoms in total. The fraction of sp³-hybridized carbons (Fsp3) is 0. The molecule has 0 aliphatic carbocycles. The Hall–Kier alpha value is -3.26. The molecule has 0 aliphatic heterocycles. The quantitative estimate of drug-likeness (QED) is 0.310. The Bertz CT molecular complexity index is 1030. The molecule has 0 unspecified atom stereocenters. The highest BCUT2D eigenvalue weighted by Crippen LogP contribution is 2.21. The first-order valence-electron chi connectivity index (χ1n) is 6.49. The number of ether oxygens (including phenoxy) is 1. The van der Waals surface area contributed by atoms with E-state index in [4.69, 9.17) is 20.8 Å². The molecule has 0 fully saturated rings. The van der Waals surface area contributed by atoms with Crippen molar-refractivity contribution < 1.29 is 18.9 Å². The van der Waals surface area contributed by atoms with Crippen molar-refractivity contribution in [3.63, 3.8) is 0 Å². The molecule has 0 radical (unpaired) electrons. The fourth-order valence-electron chi connectivity index (χ4n) is 1.98. The number of carbonyl (C=O) groups is 1. The first-order chi connectivity index (χ1) is 11.4. The van der Waals surface area contributed by atoms with Gasteiger partial charge in [-0.25, -0.2) is 9.59 Å². The highest BCUT2D eigenvalue weighted by Gasteiger charge is 2.18. The number of benzene rings is 1. The van der Waals surface area contributed by atoms with E-state index in [9.17, 15) is 19.7 Å². The van der Waals surface area contributed by atoms with E-state index < -0.39 is 22.1 Å². The molecule has 3 rings (SSSR count). The second kappa shape index (κ2) is 6.09. The number of nitro benzene ring substituents is 1. The van der Waals surface area contributed by atoms with Crippen molar-refractivity contribution in [3.05, 3.63) is 73.8 Å². The van der Waals surface area contributed by atoms with Gasteiger partial charge in [0.05, 0.1) is 16.1 Å². The third-order valence-corrected chi connectivity index (χ3v) is 3.24. The van der Waals surface area contributed by atoms with Gasteiger partial charge in [0.25, 0.3) is 5.69 Å². The van der Waals surface area contributed by atoms with E-state index in [1.807, 2.05) is 0 Å². The normalized spacial score (nSPS) is 10.5. The topological polar surface area (TPSA) is 113 Å². The minimum absolute atomic E-state index is 0.0473. The average Bonchev–Trinajstić information content (AvgIpc) is 2.53. The molecule has 3 aromatic rings. The molecule has 0 saturated carbocycles. The average molecular weight is 347 g/mol. The smallest absolute Gasteiger partial charge is 0.351 e. The molecule has 0 saturated heterocycles. The lowest BCUT2D eigenvalue weighted by Gasteiger charge is -2.04. The minimum Gasteiger partial charge on any atom is -0.422 e. The third-order valence-electron chi connectivity index (χ3n) is 3.04. The Morgan fingerprint density at radius 1 is 1.25 bits per heavy atom. The number of nitrogens with zero attached hydrogens (tertiary/aromatic N) is 2. The fourth-order valence-corrected chi connectivity index (χ4v) is 2.14. The number of nitro groups is 1. The number of pyridine rings is 1. The van der Waals surface area contributed by atoms with E-state index in [-0.39, 0.29) is 27.4 Å². The van der Waals surface area contributed by atoms with Crippen LogP contribution in [0.2, 0.25) is 5.02 Å². The van der Waals surface area contributed by atoms with Gasteiger partial charge in [0.1, 0.15) is 11.1 Å². The Morgan fingerprint density at radius 3 is 2.75 bits per heavy atom. The number of hydrogen-bond donors (Lipinski definition) is 0.